The number of hydrogen-bond donors (Lipinski definition) is 2. The number of amidine groups is 1. The molecule has 0 aliphatic rings. The van der Waals surface area contributed by atoms with Crippen molar-refractivity contribution in [2.45, 2.75) is 6.61 Å². The molecule has 3 N–H and O–H groups in total. The van der Waals surface area contributed by atoms with Gasteiger partial charge in [0.2, 0.25) is 0 Å². The number of benzene rings is 2. The smallest absolute Gasteiger partial charge is 0.170 e. The van der Waals surface area contributed by atoms with E-state index in [0.29, 0.717) is 15.8 Å². The van der Waals surface area contributed by atoms with Crippen LogP contribution < -0.4 is 10.5 Å². The summed E-state index contributed by atoms with van der Waals surface area (Å²) in [4.78, 5) is 0. The highest BCUT2D eigenvalue weighted by Crippen LogP contribution is 2.31. The minimum absolute atomic E-state index is 0.00979. The molecule has 7 heteroatoms. The van der Waals surface area contributed by atoms with Crippen molar-refractivity contribution in [3.8, 4) is 5.75 Å². The normalized spacial score (nSPS) is 11.5. The van der Waals surface area contributed by atoms with Crippen LogP contribution in [0.4, 0.5) is 4.39 Å². The standard InChI is InChI=1S/C14H11BrClFN2O2/c15-10-5-11(16)12(17)6-13(10)21-7-8-2-1-3-9(4-8)14(18)19-20/h1-6,20H,7H2,(H2,18,19). The first kappa shape index (κ1) is 15.6. The average molecular weight is 374 g/mol. The summed E-state index contributed by atoms with van der Waals surface area (Å²) in [6.07, 6.45) is 0. The zero-order valence-corrected chi connectivity index (χ0v) is 13.0. The van der Waals surface area contributed by atoms with Gasteiger partial charge < -0.3 is 15.7 Å². The van der Waals surface area contributed by atoms with Crippen molar-refractivity contribution < 1.29 is 14.3 Å². The van der Waals surface area contributed by atoms with Crippen LogP contribution in [-0.4, -0.2) is 11.0 Å². The first-order valence-corrected chi connectivity index (χ1v) is 7.02. The molecular weight excluding hydrogens is 363 g/mol. The van der Waals surface area contributed by atoms with E-state index in [1.165, 1.54) is 12.1 Å². The van der Waals surface area contributed by atoms with Crippen LogP contribution in [0.5, 0.6) is 5.75 Å². The second-order valence-corrected chi connectivity index (χ2v) is 5.43. The van der Waals surface area contributed by atoms with Crippen molar-refractivity contribution in [3.63, 3.8) is 0 Å². The number of hydrogen-bond acceptors (Lipinski definition) is 3. The number of ether oxygens (including phenoxy) is 1. The van der Waals surface area contributed by atoms with Gasteiger partial charge in [-0.1, -0.05) is 35.0 Å². The third-order valence-electron chi connectivity index (χ3n) is 2.70. The van der Waals surface area contributed by atoms with Gasteiger partial charge in [0.05, 0.1) is 9.50 Å². The molecule has 0 atom stereocenters. The number of nitrogens with zero attached hydrogens (tertiary/aromatic N) is 1. The van der Waals surface area contributed by atoms with E-state index in [4.69, 9.17) is 27.3 Å². The van der Waals surface area contributed by atoms with Crippen molar-refractivity contribution in [2.75, 3.05) is 0 Å². The predicted molar refractivity (Wildman–Crippen MR) is 82.4 cm³/mol. The molecule has 0 fully saturated rings. The van der Waals surface area contributed by atoms with Gasteiger partial charge in [-0.15, -0.1) is 0 Å². The van der Waals surface area contributed by atoms with Crippen LogP contribution in [0.1, 0.15) is 11.1 Å². The Hall–Kier alpha value is -1.79. The molecule has 0 saturated carbocycles. The van der Waals surface area contributed by atoms with Crippen LogP contribution in [0.2, 0.25) is 5.02 Å². The molecule has 0 amide bonds. The Kier molecular flexibility index (Phi) is 5.03. The van der Waals surface area contributed by atoms with Crippen LogP contribution in [-0.2, 0) is 6.61 Å². The molecule has 0 bridgehead atoms. The predicted octanol–water partition coefficient (Wildman–Crippen LogP) is 3.92. The summed E-state index contributed by atoms with van der Waals surface area (Å²) >= 11 is 8.92. The molecule has 4 nitrogen and oxygen atoms in total. The summed E-state index contributed by atoms with van der Waals surface area (Å²) in [5, 5.41) is 11.6. The molecule has 0 saturated heterocycles. The third kappa shape index (κ3) is 3.86. The summed E-state index contributed by atoms with van der Waals surface area (Å²) in [7, 11) is 0. The number of nitrogens with two attached hydrogens (primary N) is 1. The molecular formula is C14H11BrClFN2O2. The SMILES string of the molecule is N/C(=N/O)c1cccc(COc2cc(F)c(Cl)cc2Br)c1. The van der Waals surface area contributed by atoms with E-state index in [0.717, 1.165) is 5.56 Å². The van der Waals surface area contributed by atoms with Gasteiger partial charge in [0.15, 0.2) is 5.84 Å². The molecule has 0 aromatic heterocycles. The van der Waals surface area contributed by atoms with Gasteiger partial charge in [0.25, 0.3) is 0 Å². The van der Waals surface area contributed by atoms with Crippen molar-refractivity contribution in [3.05, 3.63) is 62.8 Å². The fraction of sp³-hybridized carbons (Fsp3) is 0.0714. The Balaban J connectivity index is 2.15. The minimum atomic E-state index is -0.555. The van der Waals surface area contributed by atoms with Crippen molar-refractivity contribution in [2.24, 2.45) is 10.9 Å². The Bertz CT molecular complexity index is 695. The van der Waals surface area contributed by atoms with Gasteiger partial charge in [0, 0.05) is 11.6 Å². The first-order chi connectivity index (χ1) is 10.0. The Morgan fingerprint density at radius 3 is 2.86 bits per heavy atom. The molecule has 0 radical (unpaired) electrons. The molecule has 2 aromatic rings. The maximum Gasteiger partial charge on any atom is 0.170 e. The lowest BCUT2D eigenvalue weighted by Gasteiger charge is -2.10. The Morgan fingerprint density at radius 2 is 2.14 bits per heavy atom. The second-order valence-electron chi connectivity index (χ2n) is 4.17. The van der Waals surface area contributed by atoms with Crippen LogP contribution in [0.3, 0.4) is 0 Å². The van der Waals surface area contributed by atoms with Gasteiger partial charge in [-0.3, -0.25) is 0 Å². The van der Waals surface area contributed by atoms with Crippen molar-refractivity contribution in [1.29, 1.82) is 0 Å². The molecule has 0 spiro atoms. The zero-order valence-electron chi connectivity index (χ0n) is 10.7. The lowest BCUT2D eigenvalue weighted by molar-refractivity contribution is 0.302. The van der Waals surface area contributed by atoms with Crippen molar-refractivity contribution in [1.82, 2.24) is 0 Å². The van der Waals surface area contributed by atoms with E-state index in [1.54, 1.807) is 18.2 Å². The van der Waals surface area contributed by atoms with Crippen LogP contribution in [0.25, 0.3) is 0 Å². The third-order valence-corrected chi connectivity index (χ3v) is 3.61. The van der Waals surface area contributed by atoms with Gasteiger partial charge in [0.1, 0.15) is 18.2 Å². The summed E-state index contributed by atoms with van der Waals surface area (Å²) in [5.41, 5.74) is 6.88. The van der Waals surface area contributed by atoms with Crippen molar-refractivity contribution >= 4 is 33.4 Å². The minimum Gasteiger partial charge on any atom is -0.488 e. The highest BCUT2D eigenvalue weighted by atomic mass is 79.9. The van der Waals surface area contributed by atoms with E-state index < -0.39 is 5.82 Å². The van der Waals surface area contributed by atoms with E-state index in [1.807, 2.05) is 6.07 Å². The van der Waals surface area contributed by atoms with E-state index in [-0.39, 0.29) is 17.5 Å². The largest absolute Gasteiger partial charge is 0.488 e. The molecule has 110 valence electrons. The van der Waals surface area contributed by atoms with Crippen LogP contribution >= 0.6 is 27.5 Å². The zero-order chi connectivity index (χ0) is 15.4. The lowest BCUT2D eigenvalue weighted by Crippen LogP contribution is -2.13. The van der Waals surface area contributed by atoms with Gasteiger partial charge in [-0.2, -0.15) is 0 Å². The molecule has 2 rings (SSSR count). The number of halogens is 3. The Labute approximate surface area is 134 Å². The average Bonchev–Trinajstić information content (AvgIpc) is 2.49. The quantitative estimate of drug-likeness (QED) is 0.281. The van der Waals surface area contributed by atoms with Gasteiger partial charge >= 0.3 is 0 Å². The molecule has 21 heavy (non-hydrogen) atoms. The number of oxime groups is 1. The summed E-state index contributed by atoms with van der Waals surface area (Å²) in [6, 6.07) is 9.63. The monoisotopic (exact) mass is 372 g/mol. The second kappa shape index (κ2) is 6.78. The molecule has 2 aromatic carbocycles. The number of rotatable bonds is 4. The van der Waals surface area contributed by atoms with E-state index in [2.05, 4.69) is 21.1 Å². The fourth-order valence-corrected chi connectivity index (χ4v) is 2.41. The maximum absolute atomic E-state index is 13.4. The first-order valence-electron chi connectivity index (χ1n) is 5.85. The molecule has 0 aliphatic carbocycles. The van der Waals surface area contributed by atoms with E-state index in [9.17, 15) is 4.39 Å². The summed E-state index contributed by atoms with van der Waals surface area (Å²) in [5.74, 6) is -0.207. The summed E-state index contributed by atoms with van der Waals surface area (Å²) < 4.78 is 19.5. The highest BCUT2D eigenvalue weighted by Gasteiger charge is 2.08. The maximum atomic E-state index is 13.4. The molecule has 0 aliphatic heterocycles. The van der Waals surface area contributed by atoms with Crippen LogP contribution in [0.15, 0.2) is 46.0 Å². The topological polar surface area (TPSA) is 67.8 Å². The summed E-state index contributed by atoms with van der Waals surface area (Å²) in [6.45, 7) is 0.201. The highest BCUT2D eigenvalue weighted by molar-refractivity contribution is 9.10. The fourth-order valence-electron chi connectivity index (χ4n) is 1.65. The van der Waals surface area contributed by atoms with Gasteiger partial charge in [-0.05, 0) is 33.6 Å². The Morgan fingerprint density at radius 1 is 1.38 bits per heavy atom. The van der Waals surface area contributed by atoms with Gasteiger partial charge in [-0.25, -0.2) is 4.39 Å². The van der Waals surface area contributed by atoms with E-state index >= 15 is 0 Å². The molecule has 0 heterocycles. The lowest BCUT2D eigenvalue weighted by atomic mass is 10.1. The molecule has 0 unspecified atom stereocenters. The van der Waals surface area contributed by atoms with Crippen LogP contribution in [0, 0.1) is 5.82 Å².